The van der Waals surface area contributed by atoms with Crippen LogP contribution in [0.4, 0.5) is 10.6 Å². The Morgan fingerprint density at radius 3 is 2.21 bits per heavy atom. The second-order valence-electron chi connectivity index (χ2n) is 6.70. The van der Waals surface area contributed by atoms with Crippen molar-refractivity contribution < 1.29 is 153 Å². The number of aryl methyl sites for hydroxylation is 1. The molecule has 0 fully saturated rings. The fourth-order valence-corrected chi connectivity index (χ4v) is 3.41. The average molecular weight is 724 g/mol. The molecule has 162 valence electrons. The number of halogens is 2. The minimum absolute atomic E-state index is 0. The summed E-state index contributed by atoms with van der Waals surface area (Å²) >= 11 is 5.97. The Morgan fingerprint density at radius 2 is 1.61 bits per heavy atom. The van der Waals surface area contributed by atoms with Gasteiger partial charge in [-0.3, -0.25) is 0 Å². The van der Waals surface area contributed by atoms with Crippen molar-refractivity contribution in [3.8, 4) is 0 Å². The Bertz CT molecular complexity index is 1140. The molecule has 0 radical (unpaired) electrons. The molecular formula is C23H21Cl2Cs2N3O3. The van der Waals surface area contributed by atoms with Crippen LogP contribution in [0.3, 0.4) is 0 Å². The molecule has 0 spiro atoms. The van der Waals surface area contributed by atoms with Crippen LogP contribution in [0.25, 0.3) is 10.9 Å². The summed E-state index contributed by atoms with van der Waals surface area (Å²) in [5, 5.41) is 22.1. The Morgan fingerprint density at radius 1 is 1.00 bits per heavy atom. The Kier molecular flexibility index (Phi) is 17.8. The molecular weight excluding hydrogens is 703 g/mol. The quantitative estimate of drug-likeness (QED) is 0.242. The van der Waals surface area contributed by atoms with Crippen molar-refractivity contribution in [2.24, 2.45) is 0 Å². The summed E-state index contributed by atoms with van der Waals surface area (Å²) in [5.74, 6) is 0.910. The second kappa shape index (κ2) is 17.4. The molecule has 0 saturated carbocycles. The maximum absolute atomic E-state index is 8.33. The molecule has 2 aromatic carbocycles. The van der Waals surface area contributed by atoms with Gasteiger partial charge >= 0.3 is 138 Å². The first-order valence-corrected chi connectivity index (χ1v) is 9.68. The van der Waals surface area contributed by atoms with E-state index < -0.39 is 6.16 Å². The molecule has 33 heavy (non-hydrogen) atoms. The molecule has 0 unspecified atom stereocenters. The number of fused-ring (bicyclic) bond motifs is 1. The number of aromatic amines is 1. The van der Waals surface area contributed by atoms with Gasteiger partial charge in [0.05, 0.1) is 5.52 Å². The van der Waals surface area contributed by atoms with Crippen molar-refractivity contribution >= 4 is 46.9 Å². The Labute approximate surface area is 321 Å². The number of pyridine rings is 1. The van der Waals surface area contributed by atoms with Crippen LogP contribution in [0.5, 0.6) is 0 Å². The molecule has 2 heterocycles. The molecule has 0 bridgehead atoms. The molecule has 10 heteroatoms. The molecule has 4 rings (SSSR count). The van der Waals surface area contributed by atoms with Gasteiger partial charge in [-0.25, -0.2) is 4.98 Å². The second-order valence-corrected chi connectivity index (χ2v) is 7.14. The van der Waals surface area contributed by atoms with Crippen LogP contribution in [0, 0.1) is 6.92 Å². The number of aromatic nitrogens is 2. The zero-order valence-corrected chi connectivity index (χ0v) is 32.9. The molecule has 4 aromatic rings. The third-order valence-corrected chi connectivity index (χ3v) is 4.88. The monoisotopic (exact) mass is 723 g/mol. The van der Waals surface area contributed by atoms with E-state index in [1.165, 1.54) is 27.8 Å². The summed E-state index contributed by atoms with van der Waals surface area (Å²) < 4.78 is 0. The number of H-pyrrole nitrogens is 1. The normalized spacial score (nSPS) is 9.39. The van der Waals surface area contributed by atoms with Crippen molar-refractivity contribution in [2.45, 2.75) is 19.9 Å². The number of carbonyl (C=O) groups is 1. The molecule has 2 N–H and O–H groups in total. The molecule has 0 aliphatic carbocycles. The summed E-state index contributed by atoms with van der Waals surface area (Å²) in [7, 11) is 0. The third-order valence-electron chi connectivity index (χ3n) is 4.62. The largest absolute Gasteiger partial charge is 1.00 e. The summed E-state index contributed by atoms with van der Waals surface area (Å²) in [6.07, 6.45) is 0.392. The molecule has 6 nitrogen and oxygen atoms in total. The van der Waals surface area contributed by atoms with Gasteiger partial charge in [-0.05, 0) is 54.4 Å². The van der Waals surface area contributed by atoms with Gasteiger partial charge in [0, 0.05) is 28.8 Å². The maximum Gasteiger partial charge on any atom is 1.00 e. The predicted octanol–water partition coefficient (Wildman–Crippen LogP) is -2.29. The van der Waals surface area contributed by atoms with Gasteiger partial charge in [-0.1, -0.05) is 54.1 Å². The number of anilines is 1. The zero-order valence-electron chi connectivity index (χ0n) is 18.7. The number of hydrogen-bond acceptors (Lipinski definition) is 5. The maximum atomic E-state index is 8.33. The van der Waals surface area contributed by atoms with E-state index in [4.69, 9.17) is 26.6 Å². The van der Waals surface area contributed by atoms with Crippen LogP contribution in [-0.2, 0) is 13.0 Å². The smallest absolute Gasteiger partial charge is 0.652 e. The molecule has 0 saturated heterocycles. The van der Waals surface area contributed by atoms with Crippen LogP contribution in [-0.4, -0.2) is 16.1 Å². The molecule has 2 aromatic heterocycles. The number of nitrogens with one attached hydrogen (secondary N) is 2. The summed E-state index contributed by atoms with van der Waals surface area (Å²) in [5.41, 5.74) is 6.06. The first kappa shape index (κ1) is 33.9. The standard InChI is InChI=1S/C22H20ClN3.CH2O3.ClH.2Cs/c1-15-19(13-16-5-3-2-4-6-16)21-20(26-15)11-12-24-22(21)25-14-17-7-9-18(23)10-8-17;2-1(3)4;;;/h2-12,26H,13-14H2,1H3,(H,24,25);(H2,2,3,4);1H;;/q;;;2*+1/p-2. The molecule has 0 atom stereocenters. The van der Waals surface area contributed by atoms with Gasteiger partial charge in [0.2, 0.25) is 0 Å². The van der Waals surface area contributed by atoms with Crippen LogP contribution < -0.4 is 153 Å². The predicted molar refractivity (Wildman–Crippen MR) is 122 cm³/mol. The van der Waals surface area contributed by atoms with Crippen molar-refractivity contribution in [3.63, 3.8) is 0 Å². The Hall–Kier alpha value is 0.884. The van der Waals surface area contributed by atoms with E-state index in [0.717, 1.165) is 22.8 Å². The van der Waals surface area contributed by atoms with Crippen LogP contribution >= 0.6 is 24.0 Å². The Balaban J connectivity index is 0.00000136. The van der Waals surface area contributed by atoms with Crippen molar-refractivity contribution in [2.75, 3.05) is 5.32 Å². The molecule has 0 aliphatic heterocycles. The van der Waals surface area contributed by atoms with E-state index in [0.29, 0.717) is 6.54 Å². The van der Waals surface area contributed by atoms with E-state index in [1.54, 1.807) is 0 Å². The first-order chi connectivity index (χ1) is 14.4. The van der Waals surface area contributed by atoms with E-state index in [1.807, 2.05) is 42.6 Å². The van der Waals surface area contributed by atoms with Gasteiger partial charge in [0.1, 0.15) is 5.82 Å². The third kappa shape index (κ3) is 10.8. The minimum atomic E-state index is -2.33. The van der Waals surface area contributed by atoms with Gasteiger partial charge < -0.3 is 25.3 Å². The van der Waals surface area contributed by atoms with Crippen LogP contribution in [0.2, 0.25) is 5.02 Å². The minimum Gasteiger partial charge on any atom is -0.652 e. The first-order valence-electron chi connectivity index (χ1n) is 9.30. The van der Waals surface area contributed by atoms with E-state index in [-0.39, 0.29) is 150 Å². The average Bonchev–Trinajstić information content (AvgIpc) is 3.04. The van der Waals surface area contributed by atoms with Gasteiger partial charge in [-0.15, -0.1) is 12.4 Å². The summed E-state index contributed by atoms with van der Waals surface area (Å²) in [6, 6.07) is 20.4. The van der Waals surface area contributed by atoms with Gasteiger partial charge in [0.25, 0.3) is 0 Å². The molecule has 0 aliphatic rings. The van der Waals surface area contributed by atoms with Gasteiger partial charge in [-0.2, -0.15) is 0 Å². The summed E-state index contributed by atoms with van der Waals surface area (Å²) in [4.78, 5) is 16.4. The number of nitrogens with zero attached hydrogens (tertiary/aromatic N) is 1. The topological polar surface area (TPSA) is 104 Å². The number of benzene rings is 2. The fraction of sp³-hybridized carbons (Fsp3) is 0.130. The molecule has 0 amide bonds. The van der Waals surface area contributed by atoms with Gasteiger partial charge in [0.15, 0.2) is 0 Å². The van der Waals surface area contributed by atoms with E-state index in [9.17, 15) is 0 Å². The van der Waals surface area contributed by atoms with Crippen LogP contribution in [0.1, 0.15) is 22.4 Å². The number of rotatable bonds is 5. The number of carboxylic acid groups (broad SMARTS) is 2. The number of hydrogen-bond donors (Lipinski definition) is 2. The van der Waals surface area contributed by atoms with Crippen molar-refractivity contribution in [3.05, 3.63) is 94.3 Å². The fourth-order valence-electron chi connectivity index (χ4n) is 3.28. The van der Waals surface area contributed by atoms with E-state index >= 15 is 0 Å². The zero-order chi connectivity index (χ0) is 21.5. The van der Waals surface area contributed by atoms with Crippen molar-refractivity contribution in [1.29, 1.82) is 0 Å². The SMILES string of the molecule is Cc1[nH]c2ccnc(NCc3ccc(Cl)cc3)c2c1Cc1ccccc1.Cl.O=C([O-])[O-].[Cs+].[Cs+]. The summed E-state index contributed by atoms with van der Waals surface area (Å²) in [6.45, 7) is 2.83. The van der Waals surface area contributed by atoms with Crippen LogP contribution in [0.15, 0.2) is 66.9 Å². The van der Waals surface area contributed by atoms with E-state index in [2.05, 4.69) is 46.5 Å². The number of carbonyl (C=O) groups excluding carboxylic acids is 1. The van der Waals surface area contributed by atoms with Crippen molar-refractivity contribution in [1.82, 2.24) is 9.97 Å².